The van der Waals surface area contributed by atoms with E-state index in [2.05, 4.69) is 63.0 Å². The van der Waals surface area contributed by atoms with E-state index in [1.54, 1.807) is 13.3 Å². The number of nitrogens with one attached hydrogen (secondary N) is 2. The highest BCUT2D eigenvalue weighted by atomic mass is 79.9. The summed E-state index contributed by atoms with van der Waals surface area (Å²) in [6, 6.07) is 3.66. The molecule has 0 amide bonds. The van der Waals surface area contributed by atoms with Crippen molar-refractivity contribution in [2.24, 2.45) is 0 Å². The average molecular weight is 578 g/mol. The van der Waals surface area contributed by atoms with Crippen molar-refractivity contribution in [3.05, 3.63) is 28.6 Å². The van der Waals surface area contributed by atoms with Crippen LogP contribution >= 0.6 is 15.9 Å². The Morgan fingerprint density at radius 1 is 1.06 bits per heavy atom. The molecule has 2 N–H and O–H groups in total. The normalized spacial score (nSPS) is 17.3. The van der Waals surface area contributed by atoms with Gasteiger partial charge in [-0.15, -0.1) is 0 Å². The highest BCUT2D eigenvalue weighted by Crippen LogP contribution is 2.34. The number of aromatic amines is 1. The van der Waals surface area contributed by atoms with Gasteiger partial charge >= 0.3 is 0 Å². The van der Waals surface area contributed by atoms with Crippen LogP contribution in [0.5, 0.6) is 0 Å². The largest absolute Gasteiger partial charge is 0.383 e. The number of sulfone groups is 1. The van der Waals surface area contributed by atoms with E-state index in [1.807, 2.05) is 12.1 Å². The average Bonchev–Trinajstić information content (AvgIpc) is 3.55. The van der Waals surface area contributed by atoms with E-state index in [0.29, 0.717) is 10.5 Å². The third kappa shape index (κ3) is 5.03. The molecule has 2 aliphatic rings. The van der Waals surface area contributed by atoms with E-state index in [-0.39, 0.29) is 5.75 Å². The van der Waals surface area contributed by atoms with Crippen LogP contribution in [-0.2, 0) is 9.84 Å². The van der Waals surface area contributed by atoms with Crippen molar-refractivity contribution in [3.63, 3.8) is 0 Å². The summed E-state index contributed by atoms with van der Waals surface area (Å²) >= 11 is 3.52. The van der Waals surface area contributed by atoms with Crippen LogP contribution in [0.25, 0.3) is 11.0 Å². The third-order valence-electron chi connectivity index (χ3n) is 7.24. The molecule has 2 aromatic heterocycles. The third-order valence-corrected chi connectivity index (χ3v) is 9.53. The maximum Gasteiger partial charge on any atom is 0.187 e. The van der Waals surface area contributed by atoms with Gasteiger partial charge in [0.15, 0.2) is 15.5 Å². The number of likely N-dealkylation sites (tertiary alicyclic amines) is 1. The van der Waals surface area contributed by atoms with Gasteiger partial charge in [0.1, 0.15) is 16.7 Å². The fourth-order valence-corrected chi connectivity index (χ4v) is 6.46. The molecule has 2 saturated heterocycles. The van der Waals surface area contributed by atoms with Gasteiger partial charge < -0.3 is 20.0 Å². The van der Waals surface area contributed by atoms with Crippen LogP contribution in [0.4, 0.5) is 17.2 Å². The zero-order chi connectivity index (χ0) is 25.3. The van der Waals surface area contributed by atoms with Crippen LogP contribution in [0.15, 0.2) is 28.0 Å². The molecule has 1 aromatic carbocycles. The standard InChI is InChI=1S/C24H33BrN8O2S/c1-3-36(34,35)18-14-19(26-6-9-31-7-4-5-8-31)17(2)20(15-18)32-10-12-33(13-11-32)24-21-22(25)29-30-23(21)27-16-28-24/h14-16,26H,3-13H2,1-2H3,(H,27,28,29,30). The predicted octanol–water partition coefficient (Wildman–Crippen LogP) is 3.05. The van der Waals surface area contributed by atoms with Gasteiger partial charge in [0.2, 0.25) is 0 Å². The van der Waals surface area contributed by atoms with E-state index in [1.165, 1.54) is 12.8 Å². The number of aromatic nitrogens is 4. The summed E-state index contributed by atoms with van der Waals surface area (Å²) in [6.45, 7) is 10.9. The number of anilines is 3. The van der Waals surface area contributed by atoms with Crippen molar-refractivity contribution in [2.75, 3.05) is 73.2 Å². The first-order valence-corrected chi connectivity index (χ1v) is 15.0. The zero-order valence-corrected chi connectivity index (χ0v) is 23.2. The monoisotopic (exact) mass is 576 g/mol. The first kappa shape index (κ1) is 25.2. The Kier molecular flexibility index (Phi) is 7.36. The number of hydrogen-bond acceptors (Lipinski definition) is 9. The summed E-state index contributed by atoms with van der Waals surface area (Å²) in [4.78, 5) is 16.1. The lowest BCUT2D eigenvalue weighted by atomic mass is 10.1. The molecule has 0 atom stereocenters. The van der Waals surface area contributed by atoms with Gasteiger partial charge in [-0.05, 0) is 66.5 Å². The summed E-state index contributed by atoms with van der Waals surface area (Å²) in [5.74, 6) is 0.934. The number of halogens is 1. The second-order valence-corrected chi connectivity index (χ2v) is 12.5. The fraction of sp³-hybridized carbons (Fsp3) is 0.542. The lowest BCUT2D eigenvalue weighted by Gasteiger charge is -2.38. The van der Waals surface area contributed by atoms with Gasteiger partial charge in [-0.25, -0.2) is 18.4 Å². The topological polar surface area (TPSA) is 110 Å². The summed E-state index contributed by atoms with van der Waals surface area (Å²) in [6.07, 6.45) is 4.07. The van der Waals surface area contributed by atoms with Crippen LogP contribution in [0.2, 0.25) is 0 Å². The molecule has 0 bridgehead atoms. The Labute approximate surface area is 220 Å². The van der Waals surface area contributed by atoms with Gasteiger partial charge in [-0.3, -0.25) is 5.10 Å². The molecular formula is C24H33BrN8O2S. The number of rotatable bonds is 8. The molecule has 0 spiro atoms. The lowest BCUT2D eigenvalue weighted by molar-refractivity contribution is 0.352. The molecule has 5 rings (SSSR count). The van der Waals surface area contributed by atoms with Gasteiger partial charge in [0, 0.05) is 50.6 Å². The smallest absolute Gasteiger partial charge is 0.187 e. The molecule has 2 fully saturated rings. The second-order valence-electron chi connectivity index (χ2n) is 9.40. The van der Waals surface area contributed by atoms with Gasteiger partial charge in [0.05, 0.1) is 16.0 Å². The van der Waals surface area contributed by atoms with E-state index in [4.69, 9.17) is 0 Å². The summed E-state index contributed by atoms with van der Waals surface area (Å²) in [5.41, 5.74) is 3.60. The molecule has 2 aliphatic heterocycles. The van der Waals surface area contributed by atoms with E-state index < -0.39 is 9.84 Å². The van der Waals surface area contributed by atoms with Crippen molar-refractivity contribution in [1.29, 1.82) is 0 Å². The molecule has 0 saturated carbocycles. The number of nitrogens with zero attached hydrogens (tertiary/aromatic N) is 6. The fourth-order valence-electron chi connectivity index (χ4n) is 5.09. The van der Waals surface area contributed by atoms with Gasteiger partial charge in [-0.1, -0.05) is 6.92 Å². The predicted molar refractivity (Wildman–Crippen MR) is 147 cm³/mol. The van der Waals surface area contributed by atoms with E-state index in [0.717, 1.165) is 85.1 Å². The van der Waals surface area contributed by atoms with Gasteiger partial charge in [0.25, 0.3) is 0 Å². The number of fused-ring (bicyclic) bond motifs is 1. The molecule has 0 unspecified atom stereocenters. The first-order chi connectivity index (χ1) is 17.4. The SMILES string of the molecule is CCS(=O)(=O)c1cc(NCCN2CCCC2)c(C)c(N2CCN(c3ncnc4n[nH]c(Br)c34)CC2)c1. The van der Waals surface area contributed by atoms with Crippen LogP contribution in [0, 0.1) is 6.92 Å². The Balaban J connectivity index is 1.37. The maximum atomic E-state index is 12.9. The molecule has 194 valence electrons. The van der Waals surface area contributed by atoms with Crippen LogP contribution in [0.3, 0.4) is 0 Å². The minimum absolute atomic E-state index is 0.0831. The minimum Gasteiger partial charge on any atom is -0.383 e. The Bertz CT molecular complexity index is 1330. The molecule has 36 heavy (non-hydrogen) atoms. The minimum atomic E-state index is -3.34. The van der Waals surface area contributed by atoms with Crippen LogP contribution in [0.1, 0.15) is 25.3 Å². The molecule has 4 heterocycles. The lowest BCUT2D eigenvalue weighted by Crippen LogP contribution is -2.47. The molecule has 10 nitrogen and oxygen atoms in total. The van der Waals surface area contributed by atoms with Crippen molar-refractivity contribution < 1.29 is 8.42 Å². The Morgan fingerprint density at radius 3 is 2.50 bits per heavy atom. The number of H-pyrrole nitrogens is 1. The van der Waals surface area contributed by atoms with Crippen molar-refractivity contribution >= 4 is 54.0 Å². The maximum absolute atomic E-state index is 12.9. The number of benzene rings is 1. The van der Waals surface area contributed by atoms with Crippen LogP contribution in [-0.4, -0.2) is 91.6 Å². The highest BCUT2D eigenvalue weighted by Gasteiger charge is 2.25. The zero-order valence-electron chi connectivity index (χ0n) is 20.8. The van der Waals surface area contributed by atoms with Crippen molar-refractivity contribution in [3.8, 4) is 0 Å². The van der Waals surface area contributed by atoms with Crippen molar-refractivity contribution in [1.82, 2.24) is 25.1 Å². The Morgan fingerprint density at radius 2 is 1.78 bits per heavy atom. The second kappa shape index (κ2) is 10.5. The van der Waals surface area contributed by atoms with Crippen LogP contribution < -0.4 is 15.1 Å². The molecule has 12 heteroatoms. The summed E-state index contributed by atoms with van der Waals surface area (Å²) in [7, 11) is -3.34. The van der Waals surface area contributed by atoms with E-state index in [9.17, 15) is 8.42 Å². The molecular weight excluding hydrogens is 544 g/mol. The molecule has 3 aromatic rings. The summed E-state index contributed by atoms with van der Waals surface area (Å²) in [5, 5.41) is 11.6. The first-order valence-electron chi connectivity index (χ1n) is 12.6. The Hall–Kier alpha value is -2.44. The highest BCUT2D eigenvalue weighted by molar-refractivity contribution is 9.10. The quantitative estimate of drug-likeness (QED) is 0.418. The number of piperazine rings is 1. The van der Waals surface area contributed by atoms with Gasteiger partial charge in [-0.2, -0.15) is 5.10 Å². The molecule has 0 aliphatic carbocycles. The van der Waals surface area contributed by atoms with E-state index >= 15 is 0 Å². The number of hydrogen-bond donors (Lipinski definition) is 2. The van der Waals surface area contributed by atoms with Crippen molar-refractivity contribution in [2.45, 2.75) is 31.6 Å². The summed E-state index contributed by atoms with van der Waals surface area (Å²) < 4.78 is 26.5. The molecule has 0 radical (unpaired) electrons.